The summed E-state index contributed by atoms with van der Waals surface area (Å²) in [4.78, 5) is 13.1. The van der Waals surface area contributed by atoms with E-state index in [1.54, 1.807) is 6.92 Å². The van der Waals surface area contributed by atoms with Gasteiger partial charge in [0.1, 0.15) is 0 Å². The van der Waals surface area contributed by atoms with Gasteiger partial charge in [0.05, 0.1) is 5.92 Å². The number of nitrogens with two attached hydrogens (primary N) is 1. The van der Waals surface area contributed by atoms with Gasteiger partial charge in [-0.25, -0.2) is 0 Å². The first-order valence-electron chi connectivity index (χ1n) is 9.84. The molecular formula is C23H32N2O2. The number of aliphatic carboxylic acids is 1. The van der Waals surface area contributed by atoms with Crippen LogP contribution < -0.4 is 5.73 Å². The van der Waals surface area contributed by atoms with Crippen LogP contribution in [0.2, 0.25) is 0 Å². The molecule has 2 bridgehead atoms. The Balaban J connectivity index is 0.000000148. The normalized spacial score (nSPS) is 21.1. The molecule has 0 aromatic heterocycles. The Bertz CT molecular complexity index is 630. The van der Waals surface area contributed by atoms with Crippen molar-refractivity contribution in [2.24, 2.45) is 11.7 Å². The van der Waals surface area contributed by atoms with Crippen molar-refractivity contribution in [1.29, 1.82) is 0 Å². The molecule has 2 aromatic rings. The molecule has 146 valence electrons. The van der Waals surface area contributed by atoms with Crippen LogP contribution in [0.5, 0.6) is 0 Å². The minimum absolute atomic E-state index is 0.406. The van der Waals surface area contributed by atoms with Crippen molar-refractivity contribution >= 4 is 5.97 Å². The van der Waals surface area contributed by atoms with E-state index < -0.39 is 11.9 Å². The lowest BCUT2D eigenvalue weighted by Gasteiger charge is -2.38. The molecule has 3 fully saturated rings. The lowest BCUT2D eigenvalue weighted by molar-refractivity contribution is -0.138. The molecule has 4 heteroatoms. The van der Waals surface area contributed by atoms with Gasteiger partial charge in [0, 0.05) is 6.54 Å². The maximum absolute atomic E-state index is 10.5. The fourth-order valence-electron chi connectivity index (χ4n) is 3.36. The zero-order valence-electron chi connectivity index (χ0n) is 16.3. The molecule has 3 heterocycles. The maximum Gasteiger partial charge on any atom is 0.310 e. The third-order valence-electron chi connectivity index (χ3n) is 5.31. The molecule has 2 aromatic carbocycles. The van der Waals surface area contributed by atoms with E-state index in [4.69, 9.17) is 10.8 Å². The number of hydrogen-bond donors (Lipinski definition) is 2. The summed E-state index contributed by atoms with van der Waals surface area (Å²) in [6.45, 7) is 6.50. The molecular weight excluding hydrogens is 336 g/mol. The zero-order valence-corrected chi connectivity index (χ0v) is 16.3. The summed E-state index contributed by atoms with van der Waals surface area (Å²) >= 11 is 0. The first-order valence-corrected chi connectivity index (χ1v) is 9.84. The van der Waals surface area contributed by atoms with Crippen LogP contribution >= 0.6 is 0 Å². The minimum Gasteiger partial charge on any atom is -0.481 e. The number of benzene rings is 2. The van der Waals surface area contributed by atoms with Crippen molar-refractivity contribution in [3.63, 3.8) is 0 Å². The minimum atomic E-state index is -0.781. The van der Waals surface area contributed by atoms with Crippen molar-refractivity contribution < 1.29 is 9.90 Å². The van der Waals surface area contributed by atoms with E-state index in [0.29, 0.717) is 6.54 Å². The van der Waals surface area contributed by atoms with Gasteiger partial charge < -0.3 is 15.7 Å². The number of carbonyl (C=O) groups is 1. The van der Waals surface area contributed by atoms with Crippen LogP contribution in [0.3, 0.4) is 0 Å². The molecule has 1 unspecified atom stereocenters. The Labute approximate surface area is 163 Å². The summed E-state index contributed by atoms with van der Waals surface area (Å²) in [6.07, 6.45) is 4.46. The zero-order chi connectivity index (χ0) is 19.5. The smallest absolute Gasteiger partial charge is 0.310 e. The van der Waals surface area contributed by atoms with Crippen LogP contribution in [-0.2, 0) is 11.3 Å². The fraction of sp³-hybridized carbons (Fsp3) is 0.435. The first-order chi connectivity index (χ1) is 13.1. The first kappa shape index (κ1) is 21.1. The highest BCUT2D eigenvalue weighted by Gasteiger charge is 2.24. The maximum atomic E-state index is 10.5. The van der Waals surface area contributed by atoms with Crippen LogP contribution in [0.15, 0.2) is 60.7 Å². The number of carboxylic acid groups (broad SMARTS) is 1. The molecule has 0 aliphatic carbocycles. The number of fused-ring (bicyclic) bond motifs is 3. The van der Waals surface area contributed by atoms with Crippen LogP contribution in [-0.4, -0.2) is 35.6 Å². The van der Waals surface area contributed by atoms with Gasteiger partial charge in [-0.05, 0) is 62.9 Å². The van der Waals surface area contributed by atoms with E-state index >= 15 is 0 Å². The van der Waals surface area contributed by atoms with Gasteiger partial charge in [-0.15, -0.1) is 0 Å². The summed E-state index contributed by atoms with van der Waals surface area (Å²) < 4.78 is 0. The van der Waals surface area contributed by atoms with Crippen molar-refractivity contribution in [2.75, 3.05) is 19.6 Å². The molecule has 3 saturated heterocycles. The van der Waals surface area contributed by atoms with Gasteiger partial charge in [0.15, 0.2) is 0 Å². The average molecular weight is 369 g/mol. The van der Waals surface area contributed by atoms with Crippen molar-refractivity contribution in [2.45, 2.75) is 38.6 Å². The largest absolute Gasteiger partial charge is 0.481 e. The molecule has 0 spiro atoms. The molecule has 3 aliphatic heterocycles. The van der Waals surface area contributed by atoms with E-state index in [1.807, 2.05) is 60.7 Å². The number of rotatable bonds is 3. The van der Waals surface area contributed by atoms with Crippen LogP contribution in [0, 0.1) is 5.92 Å². The molecule has 0 radical (unpaired) electrons. The summed E-state index contributed by atoms with van der Waals surface area (Å²) in [7, 11) is 0. The molecule has 3 aliphatic rings. The molecule has 0 saturated carbocycles. The van der Waals surface area contributed by atoms with Crippen molar-refractivity contribution in [3.8, 4) is 0 Å². The highest BCUT2D eigenvalue weighted by molar-refractivity contribution is 5.75. The van der Waals surface area contributed by atoms with E-state index in [2.05, 4.69) is 4.90 Å². The number of hydrogen-bond acceptors (Lipinski definition) is 3. The second kappa shape index (κ2) is 11.5. The molecule has 4 nitrogen and oxygen atoms in total. The number of carboxylic acids is 1. The lowest BCUT2D eigenvalue weighted by Crippen LogP contribution is -2.41. The summed E-state index contributed by atoms with van der Waals surface area (Å²) in [5, 5.41) is 8.64. The fourth-order valence-corrected chi connectivity index (χ4v) is 3.36. The average Bonchev–Trinajstić information content (AvgIpc) is 2.76. The van der Waals surface area contributed by atoms with Gasteiger partial charge in [0.25, 0.3) is 0 Å². The van der Waals surface area contributed by atoms with E-state index in [1.165, 1.54) is 44.5 Å². The summed E-state index contributed by atoms with van der Waals surface area (Å²) in [5.41, 5.74) is 7.38. The van der Waals surface area contributed by atoms with Crippen LogP contribution in [0.1, 0.15) is 43.2 Å². The van der Waals surface area contributed by atoms with Gasteiger partial charge in [0.2, 0.25) is 0 Å². The van der Waals surface area contributed by atoms with Crippen LogP contribution in [0.25, 0.3) is 0 Å². The molecule has 3 N–H and O–H groups in total. The van der Waals surface area contributed by atoms with Crippen LogP contribution in [0.4, 0.5) is 0 Å². The molecule has 0 amide bonds. The third kappa shape index (κ3) is 7.53. The quantitative estimate of drug-likeness (QED) is 0.855. The van der Waals surface area contributed by atoms with Gasteiger partial charge in [-0.2, -0.15) is 0 Å². The lowest BCUT2D eigenvalue weighted by atomic mass is 9.89. The predicted molar refractivity (Wildman–Crippen MR) is 111 cm³/mol. The monoisotopic (exact) mass is 368 g/mol. The number of nitrogens with zero attached hydrogens (tertiary/aromatic N) is 1. The van der Waals surface area contributed by atoms with Crippen molar-refractivity contribution in [3.05, 3.63) is 71.8 Å². The third-order valence-corrected chi connectivity index (χ3v) is 5.31. The highest BCUT2D eigenvalue weighted by Crippen LogP contribution is 2.26. The molecule has 5 rings (SSSR count). The molecule has 27 heavy (non-hydrogen) atoms. The van der Waals surface area contributed by atoms with Gasteiger partial charge in [-0.1, -0.05) is 60.7 Å². The predicted octanol–water partition coefficient (Wildman–Crippen LogP) is 4.12. The van der Waals surface area contributed by atoms with Crippen molar-refractivity contribution in [1.82, 2.24) is 4.90 Å². The topological polar surface area (TPSA) is 66.6 Å². The standard InChI is InChI=1S/C9H10O2.C7H13N.C7H9N/c1-7(9(10)11)8-5-3-2-4-6-8;1-4-8-5-2-7(1)3-6-8;8-6-7-4-2-1-3-5-7/h2-7H,1H3,(H,10,11);7H,1-6H2;1-5H,6,8H2. The Hall–Kier alpha value is -2.17. The Morgan fingerprint density at radius 1 is 1.00 bits per heavy atom. The Kier molecular flexibility index (Phi) is 9.02. The molecule has 1 atom stereocenters. The highest BCUT2D eigenvalue weighted by atomic mass is 16.4. The second-order valence-corrected chi connectivity index (χ2v) is 7.23. The Morgan fingerprint density at radius 2 is 1.48 bits per heavy atom. The summed E-state index contributed by atoms with van der Waals surface area (Å²) in [5.74, 6) is -0.0765. The second-order valence-electron chi connectivity index (χ2n) is 7.23. The van der Waals surface area contributed by atoms with E-state index in [-0.39, 0.29) is 0 Å². The SMILES string of the molecule is C1CN2CCC1CC2.CC(C(=O)O)c1ccccc1.NCc1ccccc1. The van der Waals surface area contributed by atoms with E-state index in [0.717, 1.165) is 11.5 Å². The van der Waals surface area contributed by atoms with Gasteiger partial charge >= 0.3 is 5.97 Å². The Morgan fingerprint density at radius 3 is 1.78 bits per heavy atom. The van der Waals surface area contributed by atoms with E-state index in [9.17, 15) is 4.79 Å². The summed E-state index contributed by atoms with van der Waals surface area (Å²) in [6, 6.07) is 19.2. The number of piperidine rings is 3. The van der Waals surface area contributed by atoms with Gasteiger partial charge in [-0.3, -0.25) is 4.79 Å².